The molecule has 1 aromatic carbocycles. The molecule has 0 saturated carbocycles. The topological polar surface area (TPSA) is 35.5 Å². The van der Waals surface area contributed by atoms with Gasteiger partial charge in [-0.2, -0.15) is 0 Å². The molecule has 80 valence electrons. The fourth-order valence-corrected chi connectivity index (χ4v) is 1.63. The number of aldehydes is 1. The third-order valence-corrected chi connectivity index (χ3v) is 2.44. The van der Waals surface area contributed by atoms with Crippen LogP contribution in [0.2, 0.25) is 0 Å². The predicted molar refractivity (Wildman–Crippen MR) is 56.0 cm³/mol. The molecule has 1 fully saturated rings. The minimum absolute atomic E-state index is 0.195. The lowest BCUT2D eigenvalue weighted by atomic mass is 10.2. The van der Waals surface area contributed by atoms with Crippen molar-refractivity contribution < 1.29 is 14.3 Å². The van der Waals surface area contributed by atoms with Crippen LogP contribution >= 0.6 is 0 Å². The number of para-hydroxylation sites is 1. The SMILES string of the molecule is O=Cc1ccccc1OC1CCCCO1. The van der Waals surface area contributed by atoms with Crippen LogP contribution in [-0.4, -0.2) is 19.2 Å². The number of ether oxygens (including phenoxy) is 2. The van der Waals surface area contributed by atoms with Crippen molar-refractivity contribution in [1.82, 2.24) is 0 Å². The summed E-state index contributed by atoms with van der Waals surface area (Å²) in [6, 6.07) is 7.20. The highest BCUT2D eigenvalue weighted by Crippen LogP contribution is 2.21. The van der Waals surface area contributed by atoms with E-state index in [1.54, 1.807) is 12.1 Å². The second kappa shape index (κ2) is 4.94. The Hall–Kier alpha value is -1.35. The minimum Gasteiger partial charge on any atom is -0.464 e. The molecule has 0 radical (unpaired) electrons. The Balaban J connectivity index is 2.05. The molecule has 0 aliphatic carbocycles. The normalized spacial score (nSPS) is 20.9. The maximum Gasteiger partial charge on any atom is 0.199 e. The molecule has 1 aliphatic rings. The third-order valence-electron chi connectivity index (χ3n) is 2.44. The van der Waals surface area contributed by atoms with Crippen LogP contribution in [0, 0.1) is 0 Å². The van der Waals surface area contributed by atoms with Crippen molar-refractivity contribution in [3.05, 3.63) is 29.8 Å². The molecule has 0 aromatic heterocycles. The lowest BCUT2D eigenvalue weighted by Crippen LogP contribution is -2.25. The van der Waals surface area contributed by atoms with Crippen LogP contribution in [0.15, 0.2) is 24.3 Å². The lowest BCUT2D eigenvalue weighted by molar-refractivity contribution is -0.106. The first-order chi connectivity index (χ1) is 7.40. The van der Waals surface area contributed by atoms with Gasteiger partial charge in [-0.15, -0.1) is 0 Å². The number of carbonyl (C=O) groups excluding carboxylic acids is 1. The lowest BCUT2D eigenvalue weighted by Gasteiger charge is -2.23. The summed E-state index contributed by atoms with van der Waals surface area (Å²) in [5, 5.41) is 0. The van der Waals surface area contributed by atoms with Gasteiger partial charge >= 0.3 is 0 Å². The molecular formula is C12H14O3. The fraction of sp³-hybridized carbons (Fsp3) is 0.417. The van der Waals surface area contributed by atoms with Gasteiger partial charge in [0.1, 0.15) is 5.75 Å². The van der Waals surface area contributed by atoms with Gasteiger partial charge in [-0.3, -0.25) is 4.79 Å². The Morgan fingerprint density at radius 1 is 1.33 bits per heavy atom. The fourth-order valence-electron chi connectivity index (χ4n) is 1.63. The van der Waals surface area contributed by atoms with E-state index in [9.17, 15) is 4.79 Å². The van der Waals surface area contributed by atoms with Crippen LogP contribution in [0.5, 0.6) is 5.75 Å². The summed E-state index contributed by atoms with van der Waals surface area (Å²) in [6.45, 7) is 0.744. The maximum absolute atomic E-state index is 10.7. The Morgan fingerprint density at radius 3 is 2.93 bits per heavy atom. The first-order valence-electron chi connectivity index (χ1n) is 5.22. The van der Waals surface area contributed by atoms with Crippen LogP contribution in [0.1, 0.15) is 29.6 Å². The first kappa shape index (κ1) is 10.2. The number of benzene rings is 1. The van der Waals surface area contributed by atoms with Crippen LogP contribution in [-0.2, 0) is 4.74 Å². The van der Waals surface area contributed by atoms with Gasteiger partial charge in [0.15, 0.2) is 12.6 Å². The molecule has 0 spiro atoms. The zero-order valence-electron chi connectivity index (χ0n) is 8.52. The number of rotatable bonds is 3. The first-order valence-corrected chi connectivity index (χ1v) is 5.22. The summed E-state index contributed by atoms with van der Waals surface area (Å²) < 4.78 is 11.1. The molecule has 2 rings (SSSR count). The molecule has 3 nitrogen and oxygen atoms in total. The second-order valence-electron chi connectivity index (χ2n) is 3.57. The molecule has 15 heavy (non-hydrogen) atoms. The zero-order valence-corrected chi connectivity index (χ0v) is 8.52. The average Bonchev–Trinajstić information content (AvgIpc) is 2.31. The summed E-state index contributed by atoms with van der Waals surface area (Å²) in [7, 11) is 0. The Morgan fingerprint density at radius 2 is 2.20 bits per heavy atom. The van der Waals surface area contributed by atoms with E-state index in [4.69, 9.17) is 9.47 Å². The minimum atomic E-state index is -0.195. The third kappa shape index (κ3) is 2.57. The molecule has 3 heteroatoms. The summed E-state index contributed by atoms with van der Waals surface area (Å²) >= 11 is 0. The quantitative estimate of drug-likeness (QED) is 0.712. The van der Waals surface area contributed by atoms with Crippen molar-refractivity contribution >= 4 is 6.29 Å². The van der Waals surface area contributed by atoms with Crippen LogP contribution in [0.25, 0.3) is 0 Å². The highest BCUT2D eigenvalue weighted by Gasteiger charge is 2.16. The van der Waals surface area contributed by atoms with E-state index in [0.29, 0.717) is 11.3 Å². The monoisotopic (exact) mass is 206 g/mol. The number of carbonyl (C=O) groups is 1. The van der Waals surface area contributed by atoms with Crippen molar-refractivity contribution in [2.75, 3.05) is 6.61 Å². The average molecular weight is 206 g/mol. The van der Waals surface area contributed by atoms with E-state index in [-0.39, 0.29) is 6.29 Å². The molecule has 1 aromatic rings. The molecule has 1 unspecified atom stereocenters. The van der Waals surface area contributed by atoms with Crippen molar-refractivity contribution in [2.45, 2.75) is 25.6 Å². The Kier molecular flexibility index (Phi) is 3.35. The summed E-state index contributed by atoms with van der Waals surface area (Å²) in [5.41, 5.74) is 0.576. The smallest absolute Gasteiger partial charge is 0.199 e. The summed E-state index contributed by atoms with van der Waals surface area (Å²) in [4.78, 5) is 10.7. The molecule has 1 atom stereocenters. The summed E-state index contributed by atoms with van der Waals surface area (Å²) in [6.07, 6.45) is 3.72. The highest BCUT2D eigenvalue weighted by molar-refractivity contribution is 5.79. The van der Waals surface area contributed by atoms with Gasteiger partial charge in [0.05, 0.1) is 12.2 Å². The Labute approximate surface area is 89.0 Å². The largest absolute Gasteiger partial charge is 0.464 e. The van der Waals surface area contributed by atoms with Gasteiger partial charge in [0, 0.05) is 6.42 Å². The second-order valence-corrected chi connectivity index (χ2v) is 3.57. The van der Waals surface area contributed by atoms with E-state index in [1.807, 2.05) is 12.1 Å². The van der Waals surface area contributed by atoms with E-state index in [0.717, 1.165) is 32.2 Å². The van der Waals surface area contributed by atoms with Gasteiger partial charge < -0.3 is 9.47 Å². The maximum atomic E-state index is 10.7. The van der Waals surface area contributed by atoms with E-state index in [2.05, 4.69) is 0 Å². The molecular weight excluding hydrogens is 192 g/mol. The van der Waals surface area contributed by atoms with Gasteiger partial charge in [-0.25, -0.2) is 0 Å². The predicted octanol–water partition coefficient (Wildman–Crippen LogP) is 2.40. The van der Waals surface area contributed by atoms with Crippen LogP contribution in [0.3, 0.4) is 0 Å². The molecule has 1 heterocycles. The molecule has 1 aliphatic heterocycles. The molecule has 0 bridgehead atoms. The van der Waals surface area contributed by atoms with Crippen molar-refractivity contribution in [1.29, 1.82) is 0 Å². The molecule has 0 N–H and O–H groups in total. The standard InChI is InChI=1S/C12H14O3/c13-9-10-5-1-2-6-11(10)15-12-7-3-4-8-14-12/h1-2,5-6,9,12H,3-4,7-8H2. The van der Waals surface area contributed by atoms with Gasteiger partial charge in [0.2, 0.25) is 0 Å². The van der Waals surface area contributed by atoms with Crippen molar-refractivity contribution in [3.8, 4) is 5.75 Å². The summed E-state index contributed by atoms with van der Waals surface area (Å²) in [5.74, 6) is 0.611. The number of hydrogen-bond donors (Lipinski definition) is 0. The van der Waals surface area contributed by atoms with Gasteiger partial charge in [-0.05, 0) is 25.0 Å². The van der Waals surface area contributed by atoms with Crippen molar-refractivity contribution in [2.24, 2.45) is 0 Å². The van der Waals surface area contributed by atoms with Crippen LogP contribution < -0.4 is 4.74 Å². The van der Waals surface area contributed by atoms with E-state index in [1.165, 1.54) is 0 Å². The highest BCUT2D eigenvalue weighted by atomic mass is 16.7. The van der Waals surface area contributed by atoms with Crippen LogP contribution in [0.4, 0.5) is 0 Å². The van der Waals surface area contributed by atoms with Gasteiger partial charge in [0.25, 0.3) is 0 Å². The van der Waals surface area contributed by atoms with Gasteiger partial charge in [-0.1, -0.05) is 12.1 Å². The Bertz CT molecular complexity index is 329. The molecule has 0 amide bonds. The van der Waals surface area contributed by atoms with E-state index >= 15 is 0 Å². The van der Waals surface area contributed by atoms with Crippen molar-refractivity contribution in [3.63, 3.8) is 0 Å². The zero-order chi connectivity index (χ0) is 10.5. The molecule has 1 saturated heterocycles. The number of hydrogen-bond acceptors (Lipinski definition) is 3. The van der Waals surface area contributed by atoms with E-state index < -0.39 is 0 Å².